The summed E-state index contributed by atoms with van der Waals surface area (Å²) < 4.78 is 0. The van der Waals surface area contributed by atoms with Crippen LogP contribution in [0.4, 0.5) is 0 Å². The molecule has 0 bridgehead atoms. The molecule has 0 amide bonds. The fourth-order valence-corrected chi connectivity index (χ4v) is 2.47. The van der Waals surface area contributed by atoms with Crippen LogP contribution in [0.3, 0.4) is 0 Å². The van der Waals surface area contributed by atoms with Crippen molar-refractivity contribution < 1.29 is 4.79 Å². The lowest BCUT2D eigenvalue weighted by atomic mass is 10.1. The van der Waals surface area contributed by atoms with Gasteiger partial charge >= 0.3 is 0 Å². The van der Waals surface area contributed by atoms with Gasteiger partial charge in [0.05, 0.1) is 0 Å². The average molecular weight is 239 g/mol. The Labute approximate surface area is 102 Å². The maximum Gasteiger partial charge on any atom is 0.138 e. The summed E-state index contributed by atoms with van der Waals surface area (Å²) >= 11 is 1.67. The van der Waals surface area contributed by atoms with Crippen LogP contribution in [0.2, 0.25) is 0 Å². The van der Waals surface area contributed by atoms with Crippen LogP contribution in [0.25, 0.3) is 0 Å². The van der Waals surface area contributed by atoms with Crippen LogP contribution in [0.1, 0.15) is 31.6 Å². The minimum Gasteiger partial charge on any atom is -0.304 e. The van der Waals surface area contributed by atoms with Gasteiger partial charge in [-0.25, -0.2) is 0 Å². The molecule has 90 valence electrons. The van der Waals surface area contributed by atoms with E-state index >= 15 is 0 Å². The third-order valence-corrected chi connectivity index (χ3v) is 3.65. The summed E-state index contributed by atoms with van der Waals surface area (Å²) in [7, 11) is 0. The Hall–Kier alpha value is -0.670. The van der Waals surface area contributed by atoms with E-state index in [0.29, 0.717) is 18.6 Å². The molecule has 3 heteroatoms. The molecule has 0 aromatic carbocycles. The van der Waals surface area contributed by atoms with Gasteiger partial charge in [-0.05, 0) is 37.5 Å². The van der Waals surface area contributed by atoms with Crippen molar-refractivity contribution in [2.24, 2.45) is 0 Å². The zero-order valence-electron chi connectivity index (χ0n) is 10.2. The van der Waals surface area contributed by atoms with Crippen LogP contribution < -0.4 is 0 Å². The van der Waals surface area contributed by atoms with Gasteiger partial charge in [0.1, 0.15) is 5.78 Å². The normalized spacial score (nSPS) is 10.9. The molecule has 1 heterocycles. The second kappa shape index (κ2) is 7.58. The molecular formula is C13H21NOS. The van der Waals surface area contributed by atoms with Gasteiger partial charge in [-0.15, -0.1) is 11.3 Å². The van der Waals surface area contributed by atoms with Crippen LogP contribution in [0, 0.1) is 0 Å². The van der Waals surface area contributed by atoms with Crippen molar-refractivity contribution in [3.05, 3.63) is 22.4 Å². The third-order valence-electron chi connectivity index (χ3n) is 2.78. The Morgan fingerprint density at radius 1 is 1.38 bits per heavy atom. The number of hydrogen-bond donors (Lipinski definition) is 0. The SMILES string of the molecule is CCN(CC)CCCC(=O)Cc1cccs1. The fraction of sp³-hybridized carbons (Fsp3) is 0.615. The van der Waals surface area contributed by atoms with Gasteiger partial charge in [0.15, 0.2) is 0 Å². The lowest BCUT2D eigenvalue weighted by Gasteiger charge is -2.17. The largest absolute Gasteiger partial charge is 0.304 e. The van der Waals surface area contributed by atoms with E-state index in [2.05, 4.69) is 18.7 Å². The number of carbonyl (C=O) groups is 1. The van der Waals surface area contributed by atoms with Crippen molar-refractivity contribution in [2.45, 2.75) is 33.1 Å². The maximum atomic E-state index is 11.7. The summed E-state index contributed by atoms with van der Waals surface area (Å²) in [6.07, 6.45) is 2.33. The highest BCUT2D eigenvalue weighted by atomic mass is 32.1. The predicted molar refractivity (Wildman–Crippen MR) is 70.1 cm³/mol. The summed E-state index contributed by atoms with van der Waals surface area (Å²) in [4.78, 5) is 15.2. The molecule has 0 aliphatic carbocycles. The van der Waals surface area contributed by atoms with Crippen molar-refractivity contribution in [1.82, 2.24) is 4.90 Å². The summed E-state index contributed by atoms with van der Waals surface area (Å²) in [5.41, 5.74) is 0. The van der Waals surface area contributed by atoms with Gasteiger partial charge in [0.2, 0.25) is 0 Å². The highest BCUT2D eigenvalue weighted by molar-refractivity contribution is 7.10. The maximum absolute atomic E-state index is 11.7. The molecule has 2 nitrogen and oxygen atoms in total. The molecule has 0 saturated heterocycles. The number of Topliss-reactive ketones (excluding diaryl/α,β-unsaturated/α-hetero) is 1. The van der Waals surface area contributed by atoms with Gasteiger partial charge in [-0.1, -0.05) is 19.9 Å². The van der Waals surface area contributed by atoms with Gasteiger partial charge < -0.3 is 4.90 Å². The first-order valence-corrected chi connectivity index (χ1v) is 6.90. The van der Waals surface area contributed by atoms with E-state index in [1.807, 2.05) is 17.5 Å². The molecule has 0 atom stereocenters. The Morgan fingerprint density at radius 2 is 2.12 bits per heavy atom. The summed E-state index contributed by atoms with van der Waals surface area (Å²) in [6.45, 7) is 7.53. The standard InChI is InChI=1S/C13H21NOS/c1-3-14(4-2)9-5-7-12(15)11-13-8-6-10-16-13/h6,8,10H,3-5,7,9,11H2,1-2H3. The van der Waals surface area contributed by atoms with E-state index in [1.165, 1.54) is 4.88 Å². The van der Waals surface area contributed by atoms with E-state index in [9.17, 15) is 4.79 Å². The molecule has 0 spiro atoms. The van der Waals surface area contributed by atoms with Gasteiger partial charge in [0.25, 0.3) is 0 Å². The minimum atomic E-state index is 0.370. The molecule has 1 rings (SSSR count). The molecule has 0 aliphatic heterocycles. The Morgan fingerprint density at radius 3 is 2.69 bits per heavy atom. The Kier molecular flexibility index (Phi) is 6.34. The number of ketones is 1. The molecule has 0 N–H and O–H groups in total. The van der Waals surface area contributed by atoms with E-state index in [-0.39, 0.29) is 0 Å². The number of rotatable bonds is 8. The third kappa shape index (κ3) is 4.90. The number of carbonyl (C=O) groups excluding carboxylic acids is 1. The molecule has 0 fully saturated rings. The average Bonchev–Trinajstić information content (AvgIpc) is 2.77. The summed E-state index contributed by atoms with van der Waals surface area (Å²) in [5, 5.41) is 2.03. The first-order chi connectivity index (χ1) is 7.76. The van der Waals surface area contributed by atoms with Crippen LogP contribution >= 0.6 is 11.3 Å². The molecule has 1 aromatic heterocycles. The Bertz CT molecular complexity index is 291. The first-order valence-electron chi connectivity index (χ1n) is 6.02. The monoisotopic (exact) mass is 239 g/mol. The van der Waals surface area contributed by atoms with Crippen LogP contribution in [0.15, 0.2) is 17.5 Å². The topological polar surface area (TPSA) is 20.3 Å². The number of nitrogens with zero attached hydrogens (tertiary/aromatic N) is 1. The molecular weight excluding hydrogens is 218 g/mol. The van der Waals surface area contributed by atoms with Crippen molar-refractivity contribution in [2.75, 3.05) is 19.6 Å². The molecule has 0 unspecified atom stereocenters. The summed E-state index contributed by atoms with van der Waals surface area (Å²) in [6, 6.07) is 4.04. The lowest BCUT2D eigenvalue weighted by Crippen LogP contribution is -2.24. The van der Waals surface area contributed by atoms with Gasteiger partial charge in [-0.2, -0.15) is 0 Å². The van der Waals surface area contributed by atoms with Crippen LogP contribution in [-0.4, -0.2) is 30.3 Å². The molecule has 0 radical (unpaired) electrons. The number of hydrogen-bond acceptors (Lipinski definition) is 3. The first kappa shape index (κ1) is 13.4. The van der Waals surface area contributed by atoms with Crippen molar-refractivity contribution in [1.29, 1.82) is 0 Å². The lowest BCUT2D eigenvalue weighted by molar-refractivity contribution is -0.118. The fourth-order valence-electron chi connectivity index (χ4n) is 1.74. The van der Waals surface area contributed by atoms with Crippen molar-refractivity contribution in [3.63, 3.8) is 0 Å². The second-order valence-electron chi connectivity index (χ2n) is 3.93. The quantitative estimate of drug-likeness (QED) is 0.695. The highest BCUT2D eigenvalue weighted by Gasteiger charge is 2.05. The van der Waals surface area contributed by atoms with E-state index in [1.54, 1.807) is 11.3 Å². The molecule has 0 aliphatic rings. The van der Waals surface area contributed by atoms with Crippen LogP contribution in [-0.2, 0) is 11.2 Å². The highest BCUT2D eigenvalue weighted by Crippen LogP contribution is 2.11. The predicted octanol–water partition coefficient (Wildman–Crippen LogP) is 2.98. The van der Waals surface area contributed by atoms with Crippen molar-refractivity contribution in [3.8, 4) is 0 Å². The van der Waals surface area contributed by atoms with Gasteiger partial charge in [0, 0.05) is 17.7 Å². The zero-order valence-corrected chi connectivity index (χ0v) is 11.1. The minimum absolute atomic E-state index is 0.370. The van der Waals surface area contributed by atoms with E-state index < -0.39 is 0 Å². The van der Waals surface area contributed by atoms with Gasteiger partial charge in [-0.3, -0.25) is 4.79 Å². The van der Waals surface area contributed by atoms with Crippen molar-refractivity contribution >= 4 is 17.1 Å². The second-order valence-corrected chi connectivity index (χ2v) is 4.96. The Balaban J connectivity index is 2.15. The van der Waals surface area contributed by atoms with E-state index in [4.69, 9.17) is 0 Å². The van der Waals surface area contributed by atoms with E-state index in [0.717, 1.165) is 26.1 Å². The van der Waals surface area contributed by atoms with Crippen LogP contribution in [0.5, 0.6) is 0 Å². The molecule has 16 heavy (non-hydrogen) atoms. The smallest absolute Gasteiger partial charge is 0.138 e. The molecule has 1 aromatic rings. The number of thiophene rings is 1. The molecule has 0 saturated carbocycles. The summed E-state index contributed by atoms with van der Waals surface area (Å²) in [5.74, 6) is 0.370. The zero-order chi connectivity index (χ0) is 11.8.